The Kier molecular flexibility index (Phi) is 5.97. The smallest absolute Gasteiger partial charge is 0.261 e. The molecule has 0 bridgehead atoms. The lowest BCUT2D eigenvalue weighted by molar-refractivity contribution is -0.116. The van der Waals surface area contributed by atoms with E-state index in [1.165, 1.54) is 28.1 Å². The van der Waals surface area contributed by atoms with Gasteiger partial charge in [0.15, 0.2) is 5.13 Å². The van der Waals surface area contributed by atoms with Crippen LogP contribution in [0.4, 0.5) is 5.13 Å². The first kappa shape index (κ1) is 19.3. The number of aromatic nitrogens is 1. The van der Waals surface area contributed by atoms with Crippen molar-refractivity contribution in [1.29, 1.82) is 0 Å². The first-order valence-corrected chi connectivity index (χ1v) is 11.0. The summed E-state index contributed by atoms with van der Waals surface area (Å²) in [7, 11) is 0. The number of carbonyl (C=O) groups is 2. The Morgan fingerprint density at radius 1 is 0.966 bits per heavy atom. The number of benzene rings is 2. The summed E-state index contributed by atoms with van der Waals surface area (Å²) in [5.41, 5.74) is 1.87. The second-order valence-corrected chi connectivity index (χ2v) is 8.29. The molecule has 0 aliphatic rings. The maximum absolute atomic E-state index is 12.2. The third-order valence-corrected chi connectivity index (χ3v) is 6.03. The van der Waals surface area contributed by atoms with Crippen LogP contribution in [0.3, 0.4) is 0 Å². The number of hydrogen-bond acceptors (Lipinski definition) is 5. The highest BCUT2D eigenvalue weighted by atomic mass is 32.1. The molecule has 0 saturated heterocycles. The number of thiophene rings is 1. The summed E-state index contributed by atoms with van der Waals surface area (Å²) in [5, 5.41) is 12.4. The van der Waals surface area contributed by atoms with Gasteiger partial charge in [0, 0.05) is 23.9 Å². The van der Waals surface area contributed by atoms with Crippen LogP contribution in [0.5, 0.6) is 0 Å². The fourth-order valence-electron chi connectivity index (χ4n) is 2.94. The van der Waals surface area contributed by atoms with Crippen molar-refractivity contribution in [3.05, 3.63) is 70.2 Å². The van der Waals surface area contributed by atoms with Crippen LogP contribution < -0.4 is 10.6 Å². The third kappa shape index (κ3) is 4.88. The molecule has 4 rings (SSSR count). The summed E-state index contributed by atoms with van der Waals surface area (Å²) in [4.78, 5) is 29.2. The van der Waals surface area contributed by atoms with Gasteiger partial charge in [0.2, 0.25) is 5.91 Å². The molecule has 2 N–H and O–H groups in total. The predicted molar refractivity (Wildman–Crippen MR) is 120 cm³/mol. The van der Waals surface area contributed by atoms with Crippen LogP contribution >= 0.6 is 22.7 Å². The van der Waals surface area contributed by atoms with Crippen molar-refractivity contribution < 1.29 is 9.59 Å². The highest BCUT2D eigenvalue weighted by Crippen LogP contribution is 2.27. The second kappa shape index (κ2) is 8.98. The SMILES string of the molecule is O=C(CCCNC(=O)c1cccs1)Nc1nc(-c2ccc3ccccc3c2)cs1. The third-order valence-electron chi connectivity index (χ3n) is 4.41. The Morgan fingerprint density at radius 2 is 1.83 bits per heavy atom. The quantitative estimate of drug-likeness (QED) is 0.404. The van der Waals surface area contributed by atoms with Gasteiger partial charge in [-0.15, -0.1) is 22.7 Å². The molecule has 0 atom stereocenters. The average molecular weight is 422 g/mol. The molecule has 4 aromatic rings. The Hall–Kier alpha value is -3.03. The van der Waals surface area contributed by atoms with Gasteiger partial charge in [-0.1, -0.05) is 42.5 Å². The minimum Gasteiger partial charge on any atom is -0.351 e. The molecule has 5 nitrogen and oxygen atoms in total. The summed E-state index contributed by atoms with van der Waals surface area (Å²) in [5.74, 6) is -0.199. The van der Waals surface area contributed by atoms with Gasteiger partial charge in [0.25, 0.3) is 5.91 Å². The van der Waals surface area contributed by atoms with E-state index >= 15 is 0 Å². The number of hydrogen-bond donors (Lipinski definition) is 2. The van der Waals surface area contributed by atoms with Crippen molar-refractivity contribution >= 4 is 50.4 Å². The average Bonchev–Trinajstić information content (AvgIpc) is 3.43. The van der Waals surface area contributed by atoms with Crippen LogP contribution in [0.25, 0.3) is 22.0 Å². The molecule has 0 saturated carbocycles. The Morgan fingerprint density at radius 3 is 2.66 bits per heavy atom. The highest BCUT2D eigenvalue weighted by Gasteiger charge is 2.10. The van der Waals surface area contributed by atoms with Crippen molar-refractivity contribution in [3.63, 3.8) is 0 Å². The molecule has 0 radical (unpaired) electrons. The van der Waals surface area contributed by atoms with Crippen molar-refractivity contribution in [2.45, 2.75) is 12.8 Å². The molecule has 0 aliphatic heterocycles. The van der Waals surface area contributed by atoms with Crippen LogP contribution in [-0.2, 0) is 4.79 Å². The normalized spacial score (nSPS) is 10.8. The van der Waals surface area contributed by atoms with E-state index in [9.17, 15) is 9.59 Å². The summed E-state index contributed by atoms with van der Waals surface area (Å²) < 4.78 is 0. The molecular formula is C22H19N3O2S2. The van der Waals surface area contributed by atoms with E-state index in [2.05, 4.69) is 39.9 Å². The summed E-state index contributed by atoms with van der Waals surface area (Å²) >= 11 is 2.81. The predicted octanol–water partition coefficient (Wildman–Crippen LogP) is 5.17. The van der Waals surface area contributed by atoms with Gasteiger partial charge in [-0.3, -0.25) is 9.59 Å². The monoisotopic (exact) mass is 421 g/mol. The molecule has 0 aliphatic carbocycles. The van der Waals surface area contributed by atoms with E-state index in [-0.39, 0.29) is 11.8 Å². The lowest BCUT2D eigenvalue weighted by Crippen LogP contribution is -2.24. The van der Waals surface area contributed by atoms with Crippen LogP contribution in [-0.4, -0.2) is 23.3 Å². The van der Waals surface area contributed by atoms with Gasteiger partial charge < -0.3 is 10.6 Å². The van der Waals surface area contributed by atoms with Gasteiger partial charge in [-0.2, -0.15) is 0 Å². The summed E-state index contributed by atoms with van der Waals surface area (Å²) in [6.07, 6.45) is 0.904. The fraction of sp³-hybridized carbons (Fsp3) is 0.136. The second-order valence-electron chi connectivity index (χ2n) is 6.48. The minimum absolute atomic E-state index is 0.0969. The molecule has 2 aromatic carbocycles. The first-order chi connectivity index (χ1) is 14.2. The largest absolute Gasteiger partial charge is 0.351 e. The van der Waals surface area contributed by atoms with Crippen LogP contribution in [0.15, 0.2) is 65.4 Å². The highest BCUT2D eigenvalue weighted by molar-refractivity contribution is 7.14. The maximum Gasteiger partial charge on any atom is 0.261 e. The molecule has 0 spiro atoms. The van der Waals surface area contributed by atoms with Crippen LogP contribution in [0.2, 0.25) is 0 Å². The number of rotatable bonds is 7. The number of anilines is 1. The van der Waals surface area contributed by atoms with Gasteiger partial charge in [0.1, 0.15) is 0 Å². The van der Waals surface area contributed by atoms with Crippen molar-refractivity contribution in [3.8, 4) is 11.3 Å². The number of nitrogens with zero attached hydrogens (tertiary/aromatic N) is 1. The van der Waals surface area contributed by atoms with E-state index < -0.39 is 0 Å². The van der Waals surface area contributed by atoms with Crippen LogP contribution in [0.1, 0.15) is 22.5 Å². The maximum atomic E-state index is 12.2. The number of fused-ring (bicyclic) bond motifs is 1. The number of carbonyl (C=O) groups excluding carboxylic acids is 2. The fourth-order valence-corrected chi connectivity index (χ4v) is 4.32. The number of thiazole rings is 1. The van der Waals surface area contributed by atoms with Crippen LogP contribution in [0, 0.1) is 0 Å². The summed E-state index contributed by atoms with van der Waals surface area (Å²) in [6, 6.07) is 18.0. The van der Waals surface area contributed by atoms with Crippen molar-refractivity contribution in [2.24, 2.45) is 0 Å². The zero-order valence-corrected chi connectivity index (χ0v) is 17.2. The first-order valence-electron chi connectivity index (χ1n) is 9.25. The van der Waals surface area contributed by atoms with Gasteiger partial charge >= 0.3 is 0 Å². The molecule has 7 heteroatoms. The molecular weight excluding hydrogens is 402 g/mol. The van der Waals surface area contributed by atoms with Gasteiger partial charge in [0.05, 0.1) is 10.6 Å². The molecule has 0 unspecified atom stereocenters. The van der Waals surface area contributed by atoms with E-state index in [1.807, 2.05) is 35.0 Å². The Bertz CT molecular complexity index is 1140. The molecule has 2 aromatic heterocycles. The standard InChI is InChI=1S/C22H19N3O2S2/c26-20(8-3-11-23-21(27)19-7-4-12-28-19)25-22-24-18(14-29-22)17-10-9-15-5-1-2-6-16(15)13-17/h1-2,4-7,9-10,12-14H,3,8,11H2,(H,23,27)(H,24,25,26). The Labute approximate surface area is 176 Å². The molecule has 0 fully saturated rings. The van der Waals surface area contributed by atoms with Gasteiger partial charge in [-0.25, -0.2) is 4.98 Å². The molecule has 2 heterocycles. The number of amides is 2. The number of nitrogens with one attached hydrogen (secondary N) is 2. The van der Waals surface area contributed by atoms with E-state index in [4.69, 9.17) is 0 Å². The summed E-state index contributed by atoms with van der Waals surface area (Å²) in [6.45, 7) is 0.463. The molecule has 2 amide bonds. The molecule has 29 heavy (non-hydrogen) atoms. The van der Waals surface area contributed by atoms with Gasteiger partial charge in [-0.05, 0) is 34.7 Å². The van der Waals surface area contributed by atoms with E-state index in [0.717, 1.165) is 16.6 Å². The Balaban J connectivity index is 1.28. The van der Waals surface area contributed by atoms with E-state index in [1.54, 1.807) is 6.07 Å². The lowest BCUT2D eigenvalue weighted by atomic mass is 10.1. The van der Waals surface area contributed by atoms with Crippen molar-refractivity contribution in [2.75, 3.05) is 11.9 Å². The van der Waals surface area contributed by atoms with Crippen molar-refractivity contribution in [1.82, 2.24) is 10.3 Å². The zero-order valence-electron chi connectivity index (χ0n) is 15.6. The minimum atomic E-state index is -0.102. The zero-order chi connectivity index (χ0) is 20.1. The topological polar surface area (TPSA) is 71.1 Å². The van der Waals surface area contributed by atoms with E-state index in [0.29, 0.717) is 29.4 Å². The molecule has 146 valence electrons. The lowest BCUT2D eigenvalue weighted by Gasteiger charge is -2.04.